The minimum Gasteiger partial charge on any atom is -0.480 e. The number of carbonyl (C=O) groups is 1. The number of carboxylic acids is 1. The van der Waals surface area contributed by atoms with Gasteiger partial charge in [0, 0.05) is 48.2 Å². The average molecular weight is 531 g/mol. The van der Waals surface area contributed by atoms with Crippen molar-refractivity contribution >= 4 is 17.3 Å². The number of hydrogen-bond donors (Lipinski definition) is 1. The summed E-state index contributed by atoms with van der Waals surface area (Å²) in [6.45, 7) is 7.30. The first-order valence-electron chi connectivity index (χ1n) is 13.6. The predicted octanol–water partition coefficient (Wildman–Crippen LogP) is 7.03. The molecule has 0 bridgehead atoms. The fourth-order valence-corrected chi connectivity index (χ4v) is 4.90. The predicted molar refractivity (Wildman–Crippen MR) is 153 cm³/mol. The van der Waals surface area contributed by atoms with Gasteiger partial charge in [-0.25, -0.2) is 9.78 Å². The highest BCUT2D eigenvalue weighted by Gasteiger charge is 2.17. The third kappa shape index (κ3) is 7.57. The Hall–Kier alpha value is -3.91. The van der Waals surface area contributed by atoms with Gasteiger partial charge in [-0.15, -0.1) is 0 Å². The Bertz CT molecular complexity index is 1310. The van der Waals surface area contributed by atoms with Crippen LogP contribution in [0.2, 0.25) is 0 Å². The van der Waals surface area contributed by atoms with Gasteiger partial charge in [-0.1, -0.05) is 43.0 Å². The van der Waals surface area contributed by atoms with Crippen molar-refractivity contribution in [3.63, 3.8) is 0 Å². The van der Waals surface area contributed by atoms with Crippen molar-refractivity contribution in [1.82, 2.24) is 14.7 Å². The maximum absolute atomic E-state index is 10.5. The third-order valence-corrected chi connectivity index (χ3v) is 6.93. The summed E-state index contributed by atoms with van der Waals surface area (Å²) >= 11 is 0. The number of hydrogen-bond acceptors (Lipinski definition) is 6. The van der Waals surface area contributed by atoms with Crippen LogP contribution in [0, 0.1) is 20.8 Å². The molecular weight excluding hydrogens is 492 g/mol. The van der Waals surface area contributed by atoms with E-state index in [2.05, 4.69) is 64.4 Å². The lowest BCUT2D eigenvalue weighted by Gasteiger charge is -2.28. The van der Waals surface area contributed by atoms with Crippen LogP contribution in [0.4, 0.5) is 11.4 Å². The van der Waals surface area contributed by atoms with Crippen molar-refractivity contribution < 1.29 is 19.2 Å². The number of carboxylic acid groups (broad SMARTS) is 1. The fourth-order valence-electron chi connectivity index (χ4n) is 4.90. The van der Waals surface area contributed by atoms with Crippen LogP contribution in [0.1, 0.15) is 55.5 Å². The first-order valence-corrected chi connectivity index (χ1v) is 13.6. The van der Waals surface area contributed by atoms with Gasteiger partial charge in [0.25, 0.3) is 0 Å². The number of aromatic nitrogens is 3. The van der Waals surface area contributed by atoms with Gasteiger partial charge in [0.05, 0.1) is 12.0 Å². The van der Waals surface area contributed by atoms with E-state index < -0.39 is 5.97 Å². The summed E-state index contributed by atoms with van der Waals surface area (Å²) in [6.07, 6.45) is 11.9. The zero-order valence-electron chi connectivity index (χ0n) is 23.1. The fraction of sp³-hybridized carbons (Fsp3) is 0.387. The molecule has 0 saturated carbocycles. The summed E-state index contributed by atoms with van der Waals surface area (Å²) in [6, 6.07) is 15.2. The van der Waals surface area contributed by atoms with Gasteiger partial charge in [-0.05, 0) is 75.1 Å². The number of nitrogens with zero attached hydrogens (tertiary/aromatic N) is 4. The van der Waals surface area contributed by atoms with Crippen molar-refractivity contribution in [2.45, 2.75) is 59.3 Å². The smallest absolute Gasteiger partial charge is 0.329 e. The molecular formula is C31H38N4O4. The lowest BCUT2D eigenvalue weighted by molar-refractivity contribution is -0.142. The number of imidazole rings is 1. The van der Waals surface area contributed by atoms with E-state index in [0.29, 0.717) is 6.61 Å². The van der Waals surface area contributed by atoms with Crippen LogP contribution in [0.25, 0.3) is 16.8 Å². The topological polar surface area (TPSA) is 93.6 Å². The molecule has 0 fully saturated rings. The summed E-state index contributed by atoms with van der Waals surface area (Å²) in [7, 11) is 0. The monoisotopic (exact) mass is 530 g/mol. The van der Waals surface area contributed by atoms with E-state index in [0.717, 1.165) is 79.0 Å². The van der Waals surface area contributed by atoms with E-state index >= 15 is 0 Å². The Morgan fingerprint density at radius 1 is 1.00 bits per heavy atom. The van der Waals surface area contributed by atoms with Crippen molar-refractivity contribution in [3.05, 3.63) is 78.2 Å². The minimum absolute atomic E-state index is 0.212. The highest BCUT2D eigenvalue weighted by Crippen LogP contribution is 2.35. The Morgan fingerprint density at radius 2 is 1.74 bits per heavy atom. The highest BCUT2D eigenvalue weighted by molar-refractivity contribution is 5.76. The quantitative estimate of drug-likeness (QED) is 0.165. The van der Waals surface area contributed by atoms with Gasteiger partial charge >= 0.3 is 5.97 Å². The van der Waals surface area contributed by atoms with Crippen molar-refractivity contribution in [2.24, 2.45) is 0 Å². The highest BCUT2D eigenvalue weighted by atomic mass is 16.5. The molecule has 2 aromatic heterocycles. The lowest BCUT2D eigenvalue weighted by atomic mass is 10.0. The zero-order valence-corrected chi connectivity index (χ0v) is 23.1. The molecule has 0 atom stereocenters. The molecule has 0 radical (unpaired) electrons. The number of ether oxygens (including phenoxy) is 1. The summed E-state index contributed by atoms with van der Waals surface area (Å²) < 4.78 is 12.6. The Labute approximate surface area is 230 Å². The van der Waals surface area contributed by atoms with Crippen LogP contribution >= 0.6 is 0 Å². The van der Waals surface area contributed by atoms with Crippen LogP contribution < -0.4 is 4.90 Å². The molecule has 0 aliphatic carbocycles. The van der Waals surface area contributed by atoms with Crippen LogP contribution in [0.15, 0.2) is 65.7 Å². The number of unbranched alkanes of at least 4 members (excludes halogenated alkanes) is 5. The molecule has 0 unspecified atom stereocenters. The molecule has 2 aromatic carbocycles. The molecule has 1 N–H and O–H groups in total. The van der Waals surface area contributed by atoms with Gasteiger partial charge in [0.1, 0.15) is 12.4 Å². The number of benzene rings is 2. The standard InChI is InChI=1S/C31H38N4O4/c1-23-10-11-26(31-24(2)33-39-25(31)3)20-29(23)35(17-8-6-4-5-7-9-19-38-21-30(36)37)28-14-12-27(13-15-28)34-18-16-32-22-34/h10-16,18,20,22H,4-9,17,19,21H2,1-3H3,(H,36,37). The zero-order chi connectivity index (χ0) is 27.6. The van der Waals surface area contributed by atoms with Crippen LogP contribution in [0.3, 0.4) is 0 Å². The normalized spacial score (nSPS) is 11.2. The maximum Gasteiger partial charge on any atom is 0.329 e. The van der Waals surface area contributed by atoms with Gasteiger partial charge < -0.3 is 23.8 Å². The van der Waals surface area contributed by atoms with Crippen molar-refractivity contribution in [1.29, 1.82) is 0 Å². The van der Waals surface area contributed by atoms with Crippen LogP contribution in [-0.2, 0) is 9.53 Å². The molecule has 0 saturated heterocycles. The number of aliphatic carboxylic acids is 1. The van der Waals surface area contributed by atoms with Gasteiger partial charge in [-0.3, -0.25) is 0 Å². The van der Waals surface area contributed by atoms with Gasteiger partial charge in [0.15, 0.2) is 0 Å². The lowest BCUT2D eigenvalue weighted by Crippen LogP contribution is -2.19. The number of aryl methyl sites for hydroxylation is 3. The first-order chi connectivity index (χ1) is 18.9. The largest absolute Gasteiger partial charge is 0.480 e. The molecule has 0 spiro atoms. The Morgan fingerprint density at radius 3 is 2.41 bits per heavy atom. The second-order valence-electron chi connectivity index (χ2n) is 9.91. The molecule has 0 amide bonds. The summed E-state index contributed by atoms with van der Waals surface area (Å²) in [5, 5.41) is 12.8. The average Bonchev–Trinajstić information content (AvgIpc) is 3.58. The summed E-state index contributed by atoms with van der Waals surface area (Å²) in [5.41, 5.74) is 7.67. The molecule has 4 rings (SSSR count). The molecule has 0 aliphatic heterocycles. The van der Waals surface area contributed by atoms with Crippen LogP contribution in [-0.4, -0.2) is 45.5 Å². The van der Waals surface area contributed by atoms with E-state index in [1.54, 1.807) is 6.20 Å². The summed E-state index contributed by atoms with van der Waals surface area (Å²) in [4.78, 5) is 17.1. The minimum atomic E-state index is -0.914. The SMILES string of the molecule is Cc1ccc(-c2c(C)noc2C)cc1N(CCCCCCCCOCC(=O)O)c1ccc(-n2ccnc2)cc1. The van der Waals surface area contributed by atoms with E-state index in [1.165, 1.54) is 11.3 Å². The van der Waals surface area contributed by atoms with Crippen molar-refractivity contribution in [2.75, 3.05) is 24.7 Å². The second-order valence-corrected chi connectivity index (χ2v) is 9.91. The Kier molecular flexibility index (Phi) is 9.91. The molecule has 8 nitrogen and oxygen atoms in total. The van der Waals surface area contributed by atoms with Crippen LogP contribution in [0.5, 0.6) is 0 Å². The molecule has 4 aromatic rings. The number of rotatable bonds is 15. The van der Waals surface area contributed by atoms with Gasteiger partial charge in [-0.2, -0.15) is 0 Å². The summed E-state index contributed by atoms with van der Waals surface area (Å²) in [5.74, 6) is -0.0877. The molecule has 2 heterocycles. The van der Waals surface area contributed by atoms with Crippen molar-refractivity contribution in [3.8, 4) is 16.8 Å². The van der Waals surface area contributed by atoms with Gasteiger partial charge in [0.2, 0.25) is 0 Å². The van der Waals surface area contributed by atoms with E-state index in [-0.39, 0.29) is 6.61 Å². The molecule has 39 heavy (non-hydrogen) atoms. The van der Waals surface area contributed by atoms with E-state index in [9.17, 15) is 4.79 Å². The first kappa shape index (κ1) is 28.1. The maximum atomic E-state index is 10.5. The third-order valence-electron chi connectivity index (χ3n) is 6.93. The molecule has 8 heteroatoms. The Balaban J connectivity index is 1.46. The second kappa shape index (κ2) is 13.8. The molecule has 206 valence electrons. The molecule has 0 aliphatic rings. The van der Waals surface area contributed by atoms with E-state index in [4.69, 9.17) is 14.4 Å². The van der Waals surface area contributed by atoms with E-state index in [1.807, 2.05) is 30.9 Å². The number of anilines is 2.